The van der Waals surface area contributed by atoms with Gasteiger partial charge in [0.15, 0.2) is 11.5 Å². The molecule has 1 aromatic carbocycles. The number of aromatic nitrogens is 2. The van der Waals surface area contributed by atoms with Crippen molar-refractivity contribution >= 4 is 35.8 Å². The van der Waals surface area contributed by atoms with Crippen molar-refractivity contribution in [3.05, 3.63) is 41.7 Å². The van der Waals surface area contributed by atoms with Crippen LogP contribution < -0.4 is 15.5 Å². The number of likely N-dealkylation sites (N-methyl/N-ethyl adjacent to an activating group) is 1. The quantitative estimate of drug-likeness (QED) is 0.654. The molecule has 3 fully saturated rings. The van der Waals surface area contributed by atoms with E-state index in [4.69, 9.17) is 4.98 Å². The number of carbonyl (C=O) groups is 1. The maximum Gasteiger partial charge on any atom is 0.320 e. The first kappa shape index (κ1) is 25.0. The normalized spacial score (nSPS) is 21.0. The zero-order chi connectivity index (χ0) is 23.5. The van der Waals surface area contributed by atoms with Crippen molar-refractivity contribution in [2.75, 3.05) is 56.5 Å². The van der Waals surface area contributed by atoms with E-state index in [0.717, 1.165) is 76.5 Å². The number of amides is 2. The molecule has 0 spiro atoms. The van der Waals surface area contributed by atoms with Crippen molar-refractivity contribution < 1.29 is 4.79 Å². The van der Waals surface area contributed by atoms with Crippen LogP contribution in [0.5, 0.6) is 0 Å². The van der Waals surface area contributed by atoms with Crippen LogP contribution in [-0.4, -0.2) is 78.2 Å². The molecule has 3 saturated heterocycles. The Morgan fingerprint density at radius 2 is 1.89 bits per heavy atom. The molecular weight excluding hydrogens is 464 g/mol. The summed E-state index contributed by atoms with van der Waals surface area (Å²) in [5, 5.41) is 16.3. The Morgan fingerprint density at radius 3 is 2.57 bits per heavy atom. The van der Waals surface area contributed by atoms with E-state index in [0.29, 0.717) is 11.7 Å². The Kier molecular flexibility index (Phi) is 7.93. The average molecular weight is 497 g/mol. The van der Waals surface area contributed by atoms with E-state index in [1.807, 2.05) is 11.9 Å². The SMILES string of the molecule is CN1CCN([C@@H]2CCCN(c3cnc(C#N)c(Nc4ccc(C5CCNCC5)cc4)n3)C2)C1=O.Cl. The fourth-order valence-corrected chi connectivity index (χ4v) is 5.26. The van der Waals surface area contributed by atoms with Crippen LogP contribution in [0.25, 0.3) is 0 Å². The minimum Gasteiger partial charge on any atom is -0.353 e. The second kappa shape index (κ2) is 11.1. The molecule has 2 amide bonds. The first-order valence-electron chi connectivity index (χ1n) is 12.2. The number of urea groups is 1. The van der Waals surface area contributed by atoms with Crippen LogP contribution in [-0.2, 0) is 0 Å². The molecule has 4 heterocycles. The van der Waals surface area contributed by atoms with Gasteiger partial charge in [0.25, 0.3) is 0 Å². The molecule has 5 rings (SSSR count). The summed E-state index contributed by atoms with van der Waals surface area (Å²) in [5.74, 6) is 1.80. The minimum absolute atomic E-state index is 0. The van der Waals surface area contributed by atoms with Crippen LogP contribution in [0.2, 0.25) is 0 Å². The van der Waals surface area contributed by atoms with Crippen molar-refractivity contribution in [1.29, 1.82) is 5.26 Å². The molecule has 35 heavy (non-hydrogen) atoms. The van der Waals surface area contributed by atoms with Crippen LogP contribution in [0.1, 0.15) is 42.9 Å². The predicted molar refractivity (Wildman–Crippen MR) is 139 cm³/mol. The molecule has 186 valence electrons. The summed E-state index contributed by atoms with van der Waals surface area (Å²) in [4.78, 5) is 27.6. The molecule has 2 aromatic rings. The zero-order valence-corrected chi connectivity index (χ0v) is 20.9. The summed E-state index contributed by atoms with van der Waals surface area (Å²) in [6, 6.07) is 10.9. The summed E-state index contributed by atoms with van der Waals surface area (Å²) in [5.41, 5.74) is 2.52. The van der Waals surface area contributed by atoms with E-state index in [2.05, 4.69) is 50.9 Å². The van der Waals surface area contributed by atoms with Gasteiger partial charge in [0, 0.05) is 38.9 Å². The van der Waals surface area contributed by atoms with Crippen LogP contribution in [0.3, 0.4) is 0 Å². The van der Waals surface area contributed by atoms with Gasteiger partial charge < -0.3 is 25.3 Å². The zero-order valence-electron chi connectivity index (χ0n) is 20.1. The smallest absolute Gasteiger partial charge is 0.320 e. The summed E-state index contributed by atoms with van der Waals surface area (Å²) < 4.78 is 0. The van der Waals surface area contributed by atoms with E-state index < -0.39 is 0 Å². The molecule has 3 aliphatic heterocycles. The Bertz CT molecular complexity index is 1070. The number of piperidine rings is 2. The molecule has 10 heteroatoms. The van der Waals surface area contributed by atoms with Crippen LogP contribution in [0.15, 0.2) is 30.5 Å². The summed E-state index contributed by atoms with van der Waals surface area (Å²) >= 11 is 0. The van der Waals surface area contributed by atoms with Gasteiger partial charge in [0.1, 0.15) is 11.9 Å². The standard InChI is InChI=1S/C25H32N8O.ClH/c1-31-13-14-33(25(31)34)21-3-2-12-32(17-21)23-16-28-22(15-26)24(30-23)29-20-6-4-18(5-7-20)19-8-10-27-11-9-19;/h4-7,16,19,21,27H,2-3,8-14,17H2,1H3,(H,29,30);1H/t21-;/m1./s1. The molecule has 0 bridgehead atoms. The molecule has 1 aromatic heterocycles. The summed E-state index contributed by atoms with van der Waals surface area (Å²) in [6.45, 7) is 5.27. The van der Waals surface area contributed by atoms with Crippen molar-refractivity contribution in [3.63, 3.8) is 0 Å². The lowest BCUT2D eigenvalue weighted by molar-refractivity contribution is 0.175. The van der Waals surface area contributed by atoms with E-state index in [1.54, 1.807) is 11.1 Å². The third-order valence-corrected chi connectivity index (χ3v) is 7.26. The Balaban J connectivity index is 0.00000289. The van der Waals surface area contributed by atoms with E-state index in [-0.39, 0.29) is 30.2 Å². The monoisotopic (exact) mass is 496 g/mol. The highest BCUT2D eigenvalue weighted by molar-refractivity contribution is 5.85. The molecular formula is C25H33ClN8O. The van der Waals surface area contributed by atoms with Gasteiger partial charge in [-0.15, -0.1) is 12.4 Å². The second-order valence-electron chi connectivity index (χ2n) is 9.45. The Labute approximate surface area is 212 Å². The highest BCUT2D eigenvalue weighted by Crippen LogP contribution is 2.28. The predicted octanol–water partition coefficient (Wildman–Crippen LogP) is 3.32. The van der Waals surface area contributed by atoms with Gasteiger partial charge in [0.2, 0.25) is 0 Å². The summed E-state index contributed by atoms with van der Waals surface area (Å²) in [7, 11) is 1.85. The van der Waals surface area contributed by atoms with Crippen LogP contribution in [0, 0.1) is 11.3 Å². The molecule has 0 radical (unpaired) electrons. The molecule has 1 atom stereocenters. The number of nitriles is 1. The van der Waals surface area contributed by atoms with Gasteiger partial charge in [-0.3, -0.25) is 0 Å². The first-order valence-corrected chi connectivity index (χ1v) is 12.2. The molecule has 0 aliphatic carbocycles. The lowest BCUT2D eigenvalue weighted by Crippen LogP contribution is -2.49. The fraction of sp³-hybridized carbons (Fsp3) is 0.520. The largest absolute Gasteiger partial charge is 0.353 e. The lowest BCUT2D eigenvalue weighted by Gasteiger charge is -2.37. The highest BCUT2D eigenvalue weighted by Gasteiger charge is 2.34. The number of nitrogens with one attached hydrogen (secondary N) is 2. The fourth-order valence-electron chi connectivity index (χ4n) is 5.26. The number of halogens is 1. The third-order valence-electron chi connectivity index (χ3n) is 7.26. The van der Waals surface area contributed by atoms with Gasteiger partial charge in [-0.1, -0.05) is 12.1 Å². The second-order valence-corrected chi connectivity index (χ2v) is 9.45. The van der Waals surface area contributed by atoms with E-state index in [1.165, 1.54) is 5.56 Å². The Morgan fingerprint density at radius 1 is 1.11 bits per heavy atom. The summed E-state index contributed by atoms with van der Waals surface area (Å²) in [6.07, 6.45) is 5.98. The number of anilines is 3. The maximum atomic E-state index is 12.5. The third kappa shape index (κ3) is 5.44. The number of nitrogens with zero attached hydrogens (tertiary/aromatic N) is 6. The van der Waals surface area contributed by atoms with Gasteiger partial charge >= 0.3 is 6.03 Å². The van der Waals surface area contributed by atoms with Gasteiger partial charge in [-0.05, 0) is 62.4 Å². The lowest BCUT2D eigenvalue weighted by atomic mass is 9.90. The van der Waals surface area contributed by atoms with Gasteiger partial charge in [-0.2, -0.15) is 5.26 Å². The van der Waals surface area contributed by atoms with Crippen LogP contribution >= 0.6 is 12.4 Å². The van der Waals surface area contributed by atoms with Gasteiger partial charge in [0.05, 0.1) is 12.2 Å². The van der Waals surface area contributed by atoms with Crippen molar-refractivity contribution in [3.8, 4) is 6.07 Å². The van der Waals surface area contributed by atoms with Gasteiger partial charge in [-0.25, -0.2) is 14.8 Å². The minimum atomic E-state index is 0. The van der Waals surface area contributed by atoms with Crippen LogP contribution in [0.4, 0.5) is 22.1 Å². The van der Waals surface area contributed by atoms with Crippen molar-refractivity contribution in [1.82, 2.24) is 25.1 Å². The molecule has 9 nitrogen and oxygen atoms in total. The number of carbonyl (C=O) groups excluding carboxylic acids is 1. The number of rotatable bonds is 5. The Hall–Kier alpha value is -3.09. The van der Waals surface area contributed by atoms with E-state index in [9.17, 15) is 10.1 Å². The molecule has 0 unspecified atom stereocenters. The van der Waals surface area contributed by atoms with Crippen molar-refractivity contribution in [2.24, 2.45) is 0 Å². The molecule has 2 N–H and O–H groups in total. The average Bonchev–Trinajstić information content (AvgIpc) is 3.23. The molecule has 3 aliphatic rings. The van der Waals surface area contributed by atoms with Crippen molar-refractivity contribution in [2.45, 2.75) is 37.6 Å². The number of benzene rings is 1. The maximum absolute atomic E-state index is 12.5. The molecule has 0 saturated carbocycles. The highest BCUT2D eigenvalue weighted by atomic mass is 35.5. The first-order chi connectivity index (χ1) is 16.6. The topological polar surface area (TPSA) is 100 Å². The van der Waals surface area contributed by atoms with E-state index >= 15 is 0 Å². The number of hydrogen-bond donors (Lipinski definition) is 2. The number of hydrogen-bond acceptors (Lipinski definition) is 7.